The highest BCUT2D eigenvalue weighted by atomic mass is 15.2. The molecule has 0 bridgehead atoms. The van der Waals surface area contributed by atoms with Crippen molar-refractivity contribution >= 4 is 0 Å². The van der Waals surface area contributed by atoms with Crippen molar-refractivity contribution in [3.63, 3.8) is 0 Å². The molecule has 2 nitrogen and oxygen atoms in total. The molecule has 1 aromatic rings. The van der Waals surface area contributed by atoms with Crippen molar-refractivity contribution < 1.29 is 0 Å². The minimum absolute atomic E-state index is 0.300. The van der Waals surface area contributed by atoms with E-state index in [1.54, 1.807) is 0 Å². The average Bonchev–Trinajstić information content (AvgIpc) is 2.42. The zero-order valence-electron chi connectivity index (χ0n) is 15.2. The van der Waals surface area contributed by atoms with Gasteiger partial charge >= 0.3 is 0 Å². The monoisotopic (exact) mass is 290 g/mol. The van der Waals surface area contributed by atoms with Crippen LogP contribution in [0.2, 0.25) is 0 Å². The molecule has 0 amide bonds. The van der Waals surface area contributed by atoms with E-state index in [1.807, 2.05) is 0 Å². The Hall–Kier alpha value is -0.860. The van der Waals surface area contributed by atoms with Gasteiger partial charge in [-0.25, -0.2) is 0 Å². The topological polar surface area (TPSA) is 15.3 Å². The highest BCUT2D eigenvalue weighted by molar-refractivity contribution is 5.27. The highest BCUT2D eigenvalue weighted by Gasteiger charge is 2.25. The minimum atomic E-state index is 0.300. The lowest BCUT2D eigenvalue weighted by molar-refractivity contribution is 0.130. The summed E-state index contributed by atoms with van der Waals surface area (Å²) in [6, 6.07) is 9.98. The van der Waals surface area contributed by atoms with Crippen molar-refractivity contribution in [2.24, 2.45) is 5.41 Å². The third-order valence-electron chi connectivity index (χ3n) is 4.74. The molecule has 0 aliphatic carbocycles. The first-order valence-electron chi connectivity index (χ1n) is 8.14. The largest absolute Gasteiger partial charge is 0.312 e. The average molecular weight is 290 g/mol. The van der Waals surface area contributed by atoms with Crippen LogP contribution in [0.25, 0.3) is 0 Å². The predicted octanol–water partition coefficient (Wildman–Crippen LogP) is 4.44. The first-order chi connectivity index (χ1) is 9.66. The Morgan fingerprint density at radius 2 is 1.48 bits per heavy atom. The fourth-order valence-corrected chi connectivity index (χ4v) is 2.58. The van der Waals surface area contributed by atoms with Crippen molar-refractivity contribution in [1.29, 1.82) is 0 Å². The molecule has 0 saturated carbocycles. The maximum absolute atomic E-state index is 3.46. The van der Waals surface area contributed by atoms with E-state index in [1.165, 1.54) is 11.1 Å². The van der Waals surface area contributed by atoms with Gasteiger partial charge in [-0.05, 0) is 43.5 Å². The minimum Gasteiger partial charge on any atom is -0.312 e. The summed E-state index contributed by atoms with van der Waals surface area (Å²) < 4.78 is 0. The maximum Gasteiger partial charge on any atom is 0.0446 e. The number of hydrogen-bond donors (Lipinski definition) is 1. The normalized spacial score (nSPS) is 15.5. The van der Waals surface area contributed by atoms with Gasteiger partial charge in [0.1, 0.15) is 0 Å². The summed E-state index contributed by atoms with van der Waals surface area (Å²) in [4.78, 5) is 2.46. The molecular weight excluding hydrogens is 256 g/mol. The van der Waals surface area contributed by atoms with Crippen LogP contribution in [-0.2, 0) is 0 Å². The summed E-state index contributed by atoms with van der Waals surface area (Å²) in [5.41, 5.74) is 3.08. The fraction of sp³-hybridized carbons (Fsp3) is 0.684. The van der Waals surface area contributed by atoms with Crippen LogP contribution in [0.1, 0.15) is 64.6 Å². The van der Waals surface area contributed by atoms with Gasteiger partial charge in [0.2, 0.25) is 0 Å². The lowest BCUT2D eigenvalue weighted by Gasteiger charge is -2.37. The maximum atomic E-state index is 3.46. The number of hydrogen-bond acceptors (Lipinski definition) is 2. The molecule has 0 aliphatic heterocycles. The summed E-state index contributed by atoms with van der Waals surface area (Å²) in [5.74, 6) is 0.593. The number of nitrogens with zero attached hydrogens (tertiary/aromatic N) is 1. The molecule has 1 N–H and O–H groups in total. The lowest BCUT2D eigenvalue weighted by atomic mass is 9.87. The summed E-state index contributed by atoms with van der Waals surface area (Å²) in [6.07, 6.45) is 0. The molecule has 0 aliphatic rings. The van der Waals surface area contributed by atoms with E-state index in [-0.39, 0.29) is 0 Å². The van der Waals surface area contributed by atoms with Crippen LogP contribution < -0.4 is 5.32 Å². The summed E-state index contributed by atoms with van der Waals surface area (Å²) in [5, 5.41) is 3.46. The third-order valence-corrected chi connectivity index (χ3v) is 4.74. The second kappa shape index (κ2) is 7.42. The van der Waals surface area contributed by atoms with E-state index in [0.717, 1.165) is 6.54 Å². The van der Waals surface area contributed by atoms with E-state index in [9.17, 15) is 0 Å². The van der Waals surface area contributed by atoms with Crippen LogP contribution in [0.3, 0.4) is 0 Å². The van der Waals surface area contributed by atoms with E-state index in [4.69, 9.17) is 0 Å². The van der Waals surface area contributed by atoms with E-state index >= 15 is 0 Å². The van der Waals surface area contributed by atoms with Gasteiger partial charge in [0, 0.05) is 18.6 Å². The Morgan fingerprint density at radius 1 is 1.00 bits per heavy atom. The van der Waals surface area contributed by atoms with Crippen LogP contribution in [0, 0.1) is 5.41 Å². The van der Waals surface area contributed by atoms with Crippen molar-refractivity contribution in [3.05, 3.63) is 35.4 Å². The van der Waals surface area contributed by atoms with Crippen LogP contribution in [0.5, 0.6) is 0 Å². The summed E-state index contributed by atoms with van der Waals surface area (Å²) in [6.45, 7) is 14.7. The molecule has 0 saturated heterocycles. The van der Waals surface area contributed by atoms with E-state index in [2.05, 4.69) is 90.1 Å². The van der Waals surface area contributed by atoms with E-state index < -0.39 is 0 Å². The first-order valence-corrected chi connectivity index (χ1v) is 8.14. The summed E-state index contributed by atoms with van der Waals surface area (Å²) >= 11 is 0. The van der Waals surface area contributed by atoms with Gasteiger partial charge in [0.15, 0.2) is 0 Å². The molecule has 120 valence electrons. The smallest absolute Gasteiger partial charge is 0.0446 e. The SMILES string of the molecule is CNC(CN(C)C(C)C(C)(C)C)c1ccc(C(C)C)cc1. The number of benzene rings is 1. The van der Waals surface area contributed by atoms with Gasteiger partial charge in [-0.3, -0.25) is 0 Å². The molecule has 0 radical (unpaired) electrons. The standard InChI is InChI=1S/C19H34N2/c1-14(2)16-9-11-17(12-10-16)18(20-7)13-21(8)15(3)19(4,5)6/h9-12,14-15,18,20H,13H2,1-8H3. The van der Waals surface area contributed by atoms with Crippen LogP contribution in [-0.4, -0.2) is 31.6 Å². The van der Waals surface area contributed by atoms with Crippen molar-refractivity contribution in [2.45, 2.75) is 59.5 Å². The van der Waals surface area contributed by atoms with Gasteiger partial charge in [0.25, 0.3) is 0 Å². The second-order valence-electron chi connectivity index (χ2n) is 7.64. The van der Waals surface area contributed by atoms with Crippen LogP contribution in [0.4, 0.5) is 0 Å². The van der Waals surface area contributed by atoms with Gasteiger partial charge in [-0.2, -0.15) is 0 Å². The third kappa shape index (κ3) is 5.12. The molecule has 0 spiro atoms. The molecule has 21 heavy (non-hydrogen) atoms. The predicted molar refractivity (Wildman–Crippen MR) is 93.9 cm³/mol. The second-order valence-corrected chi connectivity index (χ2v) is 7.64. The van der Waals surface area contributed by atoms with Gasteiger partial charge in [0.05, 0.1) is 0 Å². The van der Waals surface area contributed by atoms with Crippen molar-refractivity contribution in [3.8, 4) is 0 Å². The van der Waals surface area contributed by atoms with Crippen molar-refractivity contribution in [2.75, 3.05) is 20.6 Å². The van der Waals surface area contributed by atoms with Crippen LogP contribution in [0.15, 0.2) is 24.3 Å². The zero-order valence-corrected chi connectivity index (χ0v) is 15.2. The lowest BCUT2D eigenvalue weighted by Crippen LogP contribution is -2.43. The van der Waals surface area contributed by atoms with Crippen LogP contribution >= 0.6 is 0 Å². The molecular formula is C19H34N2. The Kier molecular flexibility index (Phi) is 6.42. The summed E-state index contributed by atoms with van der Waals surface area (Å²) in [7, 11) is 4.28. The molecule has 0 fully saturated rings. The van der Waals surface area contributed by atoms with E-state index in [0.29, 0.717) is 23.4 Å². The molecule has 0 heterocycles. The molecule has 2 atom stereocenters. The first kappa shape index (κ1) is 18.2. The Labute approximate surface area is 131 Å². The quantitative estimate of drug-likeness (QED) is 0.833. The van der Waals surface area contributed by atoms with Gasteiger partial charge < -0.3 is 10.2 Å². The van der Waals surface area contributed by atoms with Crippen molar-refractivity contribution in [1.82, 2.24) is 10.2 Å². The molecule has 1 aromatic carbocycles. The molecule has 0 aromatic heterocycles. The Bertz CT molecular complexity index is 414. The Morgan fingerprint density at radius 3 is 1.86 bits per heavy atom. The van der Waals surface area contributed by atoms with Gasteiger partial charge in [-0.1, -0.05) is 58.9 Å². The number of nitrogens with one attached hydrogen (secondary N) is 1. The Balaban J connectivity index is 2.79. The molecule has 1 rings (SSSR count). The zero-order chi connectivity index (χ0) is 16.2. The molecule has 2 unspecified atom stereocenters. The number of rotatable bonds is 6. The highest BCUT2D eigenvalue weighted by Crippen LogP contribution is 2.25. The fourth-order valence-electron chi connectivity index (χ4n) is 2.58. The van der Waals surface area contributed by atoms with Gasteiger partial charge in [-0.15, -0.1) is 0 Å². The number of likely N-dealkylation sites (N-methyl/N-ethyl adjacent to an activating group) is 2. The molecule has 2 heteroatoms.